The molecule has 0 amide bonds. The summed E-state index contributed by atoms with van der Waals surface area (Å²) in [7, 11) is 0. The first-order chi connectivity index (χ1) is 8.42. The maximum absolute atomic E-state index is 5.25. The standard InChI is InChI=1S/C12H14N2O2S/c1-2-11(15-3-1)12-4-10(14-16-12)8-17-7-9-5-13-6-9/h1-4,9,13H,5-8H2. The van der Waals surface area contributed by atoms with Crippen LogP contribution in [0.3, 0.4) is 0 Å². The summed E-state index contributed by atoms with van der Waals surface area (Å²) >= 11 is 1.91. The number of rotatable bonds is 5. The second-order valence-electron chi connectivity index (χ2n) is 4.20. The topological polar surface area (TPSA) is 51.2 Å². The SMILES string of the molecule is c1coc(-c2cc(CSCC3CNC3)no2)c1. The lowest BCUT2D eigenvalue weighted by atomic mass is 10.1. The van der Waals surface area contributed by atoms with E-state index >= 15 is 0 Å². The van der Waals surface area contributed by atoms with Crippen LogP contribution in [-0.4, -0.2) is 24.0 Å². The molecule has 2 aromatic rings. The van der Waals surface area contributed by atoms with Crippen molar-refractivity contribution in [3.8, 4) is 11.5 Å². The van der Waals surface area contributed by atoms with Crippen LogP contribution in [0, 0.1) is 5.92 Å². The van der Waals surface area contributed by atoms with Crippen LogP contribution < -0.4 is 5.32 Å². The minimum absolute atomic E-state index is 0.705. The van der Waals surface area contributed by atoms with Gasteiger partial charge in [-0.05, 0) is 36.9 Å². The average molecular weight is 250 g/mol. The molecule has 90 valence electrons. The van der Waals surface area contributed by atoms with Gasteiger partial charge in [0.1, 0.15) is 0 Å². The third-order valence-electron chi connectivity index (χ3n) is 2.79. The summed E-state index contributed by atoms with van der Waals surface area (Å²) < 4.78 is 10.5. The minimum Gasteiger partial charge on any atom is -0.461 e. The van der Waals surface area contributed by atoms with Gasteiger partial charge in [-0.1, -0.05) is 5.16 Å². The highest BCUT2D eigenvalue weighted by atomic mass is 32.2. The van der Waals surface area contributed by atoms with Crippen LogP contribution in [0.1, 0.15) is 5.69 Å². The maximum atomic E-state index is 5.25. The molecular weight excluding hydrogens is 236 g/mol. The molecule has 2 aromatic heterocycles. The molecule has 1 saturated heterocycles. The summed E-state index contributed by atoms with van der Waals surface area (Å²) in [6.45, 7) is 2.31. The molecule has 1 aliphatic rings. The van der Waals surface area contributed by atoms with Gasteiger partial charge in [-0.15, -0.1) is 0 Å². The van der Waals surface area contributed by atoms with Crippen molar-refractivity contribution < 1.29 is 8.94 Å². The van der Waals surface area contributed by atoms with Crippen molar-refractivity contribution in [1.29, 1.82) is 0 Å². The third kappa shape index (κ3) is 2.56. The summed E-state index contributed by atoms with van der Waals surface area (Å²) in [5.74, 6) is 4.36. The molecule has 3 heterocycles. The van der Waals surface area contributed by atoms with Gasteiger partial charge in [0.2, 0.25) is 5.76 Å². The van der Waals surface area contributed by atoms with Crippen LogP contribution in [0.25, 0.3) is 11.5 Å². The molecule has 0 bridgehead atoms. The molecule has 0 spiro atoms. The molecule has 0 aromatic carbocycles. The van der Waals surface area contributed by atoms with E-state index in [0.29, 0.717) is 5.76 Å². The number of nitrogens with zero attached hydrogens (tertiary/aromatic N) is 1. The Labute approximate surface area is 104 Å². The number of furan rings is 1. The van der Waals surface area contributed by atoms with Gasteiger partial charge >= 0.3 is 0 Å². The smallest absolute Gasteiger partial charge is 0.202 e. The second kappa shape index (κ2) is 4.98. The molecule has 0 unspecified atom stereocenters. The first kappa shape index (κ1) is 10.9. The first-order valence-electron chi connectivity index (χ1n) is 5.70. The van der Waals surface area contributed by atoms with Gasteiger partial charge in [-0.25, -0.2) is 0 Å². The Kier molecular flexibility index (Phi) is 3.20. The van der Waals surface area contributed by atoms with Crippen molar-refractivity contribution in [3.63, 3.8) is 0 Å². The van der Waals surface area contributed by atoms with Crippen molar-refractivity contribution >= 4 is 11.8 Å². The fraction of sp³-hybridized carbons (Fsp3) is 0.417. The van der Waals surface area contributed by atoms with Gasteiger partial charge in [-0.2, -0.15) is 11.8 Å². The minimum atomic E-state index is 0.705. The van der Waals surface area contributed by atoms with Crippen LogP contribution in [0.4, 0.5) is 0 Å². The van der Waals surface area contributed by atoms with Crippen LogP contribution in [0.2, 0.25) is 0 Å². The van der Waals surface area contributed by atoms with Crippen molar-refractivity contribution in [2.24, 2.45) is 5.92 Å². The Balaban J connectivity index is 1.53. The third-order valence-corrected chi connectivity index (χ3v) is 4.00. The summed E-state index contributed by atoms with van der Waals surface area (Å²) in [6, 6.07) is 5.66. The zero-order valence-electron chi connectivity index (χ0n) is 9.39. The highest BCUT2D eigenvalue weighted by Crippen LogP contribution is 2.23. The molecule has 5 heteroatoms. The maximum Gasteiger partial charge on any atom is 0.202 e. The van der Waals surface area contributed by atoms with E-state index in [2.05, 4.69) is 10.5 Å². The Morgan fingerprint density at radius 2 is 2.35 bits per heavy atom. The summed E-state index contributed by atoms with van der Waals surface area (Å²) in [5, 5.41) is 7.31. The lowest BCUT2D eigenvalue weighted by molar-refractivity contribution is 0.385. The highest BCUT2D eigenvalue weighted by molar-refractivity contribution is 7.98. The molecule has 0 saturated carbocycles. The fourth-order valence-electron chi connectivity index (χ4n) is 1.71. The van der Waals surface area contributed by atoms with Crippen LogP contribution in [0.5, 0.6) is 0 Å². The molecular formula is C12H14N2O2S. The monoisotopic (exact) mass is 250 g/mol. The molecule has 4 nitrogen and oxygen atoms in total. The zero-order chi connectivity index (χ0) is 11.5. The lowest BCUT2D eigenvalue weighted by Gasteiger charge is -2.26. The number of nitrogens with one attached hydrogen (secondary N) is 1. The highest BCUT2D eigenvalue weighted by Gasteiger charge is 2.16. The van der Waals surface area contributed by atoms with E-state index in [1.165, 1.54) is 5.75 Å². The van der Waals surface area contributed by atoms with E-state index in [-0.39, 0.29) is 0 Å². The van der Waals surface area contributed by atoms with Crippen molar-refractivity contribution in [2.75, 3.05) is 18.8 Å². The molecule has 1 N–H and O–H groups in total. The summed E-state index contributed by atoms with van der Waals surface area (Å²) in [5.41, 5.74) is 0.980. The fourth-order valence-corrected chi connectivity index (χ4v) is 2.74. The first-order valence-corrected chi connectivity index (χ1v) is 6.85. The molecule has 3 rings (SSSR count). The molecule has 0 atom stereocenters. The van der Waals surface area contributed by atoms with Crippen LogP contribution in [-0.2, 0) is 5.75 Å². The Hall–Kier alpha value is -1.20. The Morgan fingerprint density at radius 3 is 3.06 bits per heavy atom. The second-order valence-corrected chi connectivity index (χ2v) is 5.23. The molecule has 0 radical (unpaired) electrons. The van der Waals surface area contributed by atoms with E-state index in [1.807, 2.05) is 30.0 Å². The van der Waals surface area contributed by atoms with E-state index < -0.39 is 0 Å². The predicted octanol–water partition coefficient (Wildman–Crippen LogP) is 2.39. The predicted molar refractivity (Wildman–Crippen MR) is 66.7 cm³/mol. The van der Waals surface area contributed by atoms with Crippen LogP contribution in [0.15, 0.2) is 33.4 Å². The normalized spacial score (nSPS) is 16.0. The van der Waals surface area contributed by atoms with Gasteiger partial charge < -0.3 is 14.3 Å². The van der Waals surface area contributed by atoms with E-state index in [9.17, 15) is 0 Å². The molecule has 0 aliphatic carbocycles. The Morgan fingerprint density at radius 1 is 1.41 bits per heavy atom. The van der Waals surface area contributed by atoms with E-state index in [4.69, 9.17) is 8.94 Å². The quantitative estimate of drug-likeness (QED) is 0.883. The van der Waals surface area contributed by atoms with E-state index in [1.54, 1.807) is 6.26 Å². The van der Waals surface area contributed by atoms with Gasteiger partial charge in [-0.3, -0.25) is 0 Å². The largest absolute Gasteiger partial charge is 0.461 e. The summed E-state index contributed by atoms with van der Waals surface area (Å²) in [4.78, 5) is 0. The Bertz CT molecular complexity index is 463. The van der Waals surface area contributed by atoms with Crippen molar-refractivity contribution in [2.45, 2.75) is 5.75 Å². The van der Waals surface area contributed by atoms with Gasteiger partial charge in [0.25, 0.3) is 0 Å². The van der Waals surface area contributed by atoms with Crippen molar-refractivity contribution in [3.05, 3.63) is 30.2 Å². The summed E-state index contributed by atoms with van der Waals surface area (Å²) in [6.07, 6.45) is 1.63. The molecule has 17 heavy (non-hydrogen) atoms. The number of hydrogen-bond donors (Lipinski definition) is 1. The number of hydrogen-bond acceptors (Lipinski definition) is 5. The van der Waals surface area contributed by atoms with Gasteiger partial charge in [0, 0.05) is 11.8 Å². The van der Waals surface area contributed by atoms with Gasteiger partial charge in [0.15, 0.2) is 5.76 Å². The molecule has 1 aliphatic heterocycles. The van der Waals surface area contributed by atoms with Crippen LogP contribution >= 0.6 is 11.8 Å². The zero-order valence-corrected chi connectivity index (χ0v) is 10.2. The molecule has 1 fully saturated rings. The van der Waals surface area contributed by atoms with E-state index in [0.717, 1.165) is 36.2 Å². The number of aromatic nitrogens is 1. The van der Waals surface area contributed by atoms with Crippen molar-refractivity contribution in [1.82, 2.24) is 10.5 Å². The van der Waals surface area contributed by atoms with Gasteiger partial charge in [0.05, 0.1) is 12.0 Å². The number of thioether (sulfide) groups is 1. The average Bonchev–Trinajstić information content (AvgIpc) is 2.91. The lowest BCUT2D eigenvalue weighted by Crippen LogP contribution is -2.43.